The molecule has 5 heteroatoms. The number of ether oxygens (including phenoxy) is 1. The Labute approximate surface area is 333 Å². The molecule has 0 fully saturated rings. The molecule has 0 N–H and O–H groups in total. The first kappa shape index (κ1) is 31.4. The van der Waals surface area contributed by atoms with Crippen LogP contribution in [0.4, 0.5) is 0 Å². The predicted molar refractivity (Wildman–Crippen MR) is 232 cm³/mol. The Hall–Kier alpha value is -7.76. The lowest BCUT2D eigenvalue weighted by molar-refractivity contribution is 0.437. The van der Waals surface area contributed by atoms with Crippen LogP contribution in [0.25, 0.3) is 83.3 Å². The first-order chi connectivity index (χ1) is 28.8. The standard InChI is InChI=1S/C53H31N3O2/c1-2-14-32(15-3-1)33-26-28-34(29-27-33)49-51-50(38-19-7-12-24-46(38)58-51)55-52(54-49)56-44-23-11-6-18-37(44)39-30-48-43(31-45(39)56)53(42-22-10-13-25-47(42)57-48)40-20-8-4-16-35(40)36-17-5-9-21-41(36)53/h1-31H. The fourth-order valence-corrected chi connectivity index (χ4v) is 9.86. The first-order valence-electron chi connectivity index (χ1n) is 19.7. The van der Waals surface area contributed by atoms with Crippen LogP contribution < -0.4 is 4.74 Å². The Morgan fingerprint density at radius 1 is 0.431 bits per heavy atom. The fourth-order valence-electron chi connectivity index (χ4n) is 9.86. The number of nitrogens with zero attached hydrogens (tertiary/aromatic N) is 3. The van der Waals surface area contributed by atoms with Crippen LogP contribution in [-0.2, 0) is 5.41 Å². The van der Waals surface area contributed by atoms with Crippen molar-refractivity contribution in [2.75, 3.05) is 0 Å². The molecule has 1 aliphatic heterocycles. The number of hydrogen-bond donors (Lipinski definition) is 0. The van der Waals surface area contributed by atoms with Gasteiger partial charge in [-0.2, -0.15) is 0 Å². The minimum Gasteiger partial charge on any atom is -0.457 e. The van der Waals surface area contributed by atoms with Crippen molar-refractivity contribution in [3.05, 3.63) is 210 Å². The van der Waals surface area contributed by atoms with Gasteiger partial charge in [-0.05, 0) is 69.8 Å². The van der Waals surface area contributed by atoms with E-state index in [1.165, 1.54) is 22.3 Å². The third-order valence-electron chi connectivity index (χ3n) is 12.3. The monoisotopic (exact) mass is 741 g/mol. The van der Waals surface area contributed by atoms with Crippen molar-refractivity contribution in [1.29, 1.82) is 0 Å². The quantitative estimate of drug-likeness (QED) is 0.181. The van der Waals surface area contributed by atoms with Crippen LogP contribution in [0.1, 0.15) is 22.3 Å². The van der Waals surface area contributed by atoms with Crippen LogP contribution in [0.5, 0.6) is 11.5 Å². The van der Waals surface area contributed by atoms with Gasteiger partial charge in [-0.3, -0.25) is 4.57 Å². The van der Waals surface area contributed by atoms with Crippen LogP contribution in [0.3, 0.4) is 0 Å². The van der Waals surface area contributed by atoms with E-state index in [1.54, 1.807) is 0 Å². The molecule has 0 bridgehead atoms. The summed E-state index contributed by atoms with van der Waals surface area (Å²) in [6.45, 7) is 0. The number of hydrogen-bond acceptors (Lipinski definition) is 4. The SMILES string of the molecule is c1ccc(-c2ccc(-c3nc(-n4c5ccccc5c5cc6c(cc54)C4(c5ccccc5O6)c5ccccc5-c5ccccc54)nc4c3oc3ccccc34)cc2)cc1. The molecule has 1 aliphatic carbocycles. The number of fused-ring (bicyclic) bond motifs is 15. The van der Waals surface area contributed by atoms with E-state index >= 15 is 0 Å². The van der Waals surface area contributed by atoms with Crippen molar-refractivity contribution < 1.29 is 9.15 Å². The van der Waals surface area contributed by atoms with Crippen molar-refractivity contribution in [3.8, 4) is 51.0 Å². The van der Waals surface area contributed by atoms with Gasteiger partial charge < -0.3 is 9.15 Å². The molecule has 3 aromatic heterocycles. The Morgan fingerprint density at radius 3 is 1.84 bits per heavy atom. The largest absolute Gasteiger partial charge is 0.457 e. The zero-order chi connectivity index (χ0) is 38.0. The van der Waals surface area contributed by atoms with Gasteiger partial charge in [0.05, 0.1) is 16.4 Å². The summed E-state index contributed by atoms with van der Waals surface area (Å²) >= 11 is 0. The Balaban J connectivity index is 1.12. The summed E-state index contributed by atoms with van der Waals surface area (Å²) in [5.41, 5.74) is 14.8. The second-order valence-corrected chi connectivity index (χ2v) is 15.2. The van der Waals surface area contributed by atoms with Crippen LogP contribution in [0.15, 0.2) is 192 Å². The van der Waals surface area contributed by atoms with Gasteiger partial charge in [-0.25, -0.2) is 9.97 Å². The second-order valence-electron chi connectivity index (χ2n) is 15.2. The van der Waals surface area contributed by atoms with Gasteiger partial charge >= 0.3 is 0 Å². The van der Waals surface area contributed by atoms with Gasteiger partial charge in [-0.1, -0.05) is 152 Å². The lowest BCUT2D eigenvalue weighted by atomic mass is 9.66. The molecule has 0 saturated carbocycles. The van der Waals surface area contributed by atoms with Crippen LogP contribution in [0, 0.1) is 0 Å². The molecule has 8 aromatic carbocycles. The number of furan rings is 1. The van der Waals surface area contributed by atoms with Gasteiger partial charge in [0.15, 0.2) is 5.58 Å². The molecule has 5 nitrogen and oxygen atoms in total. The minimum atomic E-state index is -0.607. The number of para-hydroxylation sites is 3. The maximum atomic E-state index is 6.93. The van der Waals surface area contributed by atoms with E-state index in [-0.39, 0.29) is 0 Å². The summed E-state index contributed by atoms with van der Waals surface area (Å²) in [6, 6.07) is 66.4. The van der Waals surface area contributed by atoms with E-state index < -0.39 is 5.41 Å². The lowest BCUT2D eigenvalue weighted by Crippen LogP contribution is -2.32. The summed E-state index contributed by atoms with van der Waals surface area (Å²) in [7, 11) is 0. The van der Waals surface area contributed by atoms with Crippen molar-refractivity contribution in [3.63, 3.8) is 0 Å². The second kappa shape index (κ2) is 11.6. The van der Waals surface area contributed by atoms with Crippen molar-refractivity contribution >= 4 is 43.9 Å². The Kier molecular flexibility index (Phi) is 6.31. The normalized spacial score (nSPS) is 13.4. The van der Waals surface area contributed by atoms with Gasteiger partial charge in [0.25, 0.3) is 0 Å². The third kappa shape index (κ3) is 4.14. The molecule has 0 radical (unpaired) electrons. The topological polar surface area (TPSA) is 53.1 Å². The summed E-state index contributed by atoms with van der Waals surface area (Å²) in [5, 5.41) is 3.11. The van der Waals surface area contributed by atoms with Crippen LogP contribution in [-0.4, -0.2) is 14.5 Å². The third-order valence-corrected chi connectivity index (χ3v) is 12.3. The molecule has 13 rings (SSSR count). The average molecular weight is 742 g/mol. The smallest absolute Gasteiger partial charge is 0.236 e. The molecule has 11 aromatic rings. The van der Waals surface area contributed by atoms with Crippen LogP contribution in [0.2, 0.25) is 0 Å². The van der Waals surface area contributed by atoms with Gasteiger partial charge in [0.2, 0.25) is 5.95 Å². The highest BCUT2D eigenvalue weighted by atomic mass is 16.5. The average Bonchev–Trinajstić information content (AvgIpc) is 3.92. The predicted octanol–water partition coefficient (Wildman–Crippen LogP) is 13.3. The first-order valence-corrected chi connectivity index (χ1v) is 19.7. The molecule has 0 amide bonds. The lowest BCUT2D eigenvalue weighted by Gasteiger charge is -2.39. The maximum Gasteiger partial charge on any atom is 0.236 e. The van der Waals surface area contributed by atoms with E-state index in [9.17, 15) is 0 Å². The molecule has 1 spiro atoms. The van der Waals surface area contributed by atoms with Gasteiger partial charge in [0.1, 0.15) is 28.3 Å². The Morgan fingerprint density at radius 2 is 1.05 bits per heavy atom. The summed E-state index contributed by atoms with van der Waals surface area (Å²) in [5.74, 6) is 2.29. The fraction of sp³-hybridized carbons (Fsp3) is 0.0189. The van der Waals surface area contributed by atoms with Crippen molar-refractivity contribution in [1.82, 2.24) is 14.5 Å². The van der Waals surface area contributed by atoms with Crippen molar-refractivity contribution in [2.45, 2.75) is 5.41 Å². The number of aromatic nitrogens is 3. The molecular weight excluding hydrogens is 711 g/mol. The van der Waals surface area contributed by atoms with E-state index in [0.717, 1.165) is 83.3 Å². The molecule has 2 aliphatic rings. The van der Waals surface area contributed by atoms with Gasteiger partial charge in [-0.15, -0.1) is 0 Å². The summed E-state index contributed by atoms with van der Waals surface area (Å²) in [6.07, 6.45) is 0. The maximum absolute atomic E-state index is 6.93. The highest BCUT2D eigenvalue weighted by molar-refractivity contribution is 6.11. The molecule has 4 heterocycles. The van der Waals surface area contributed by atoms with E-state index in [1.807, 2.05) is 24.3 Å². The number of rotatable bonds is 3. The van der Waals surface area contributed by atoms with Gasteiger partial charge in [0, 0.05) is 32.8 Å². The molecule has 0 unspecified atom stereocenters. The zero-order valence-electron chi connectivity index (χ0n) is 31.1. The Bertz CT molecular complexity index is 3440. The molecular formula is C53H31N3O2. The minimum absolute atomic E-state index is 0.575. The van der Waals surface area contributed by atoms with E-state index in [2.05, 4.69) is 168 Å². The molecule has 58 heavy (non-hydrogen) atoms. The highest BCUT2D eigenvalue weighted by Gasteiger charge is 2.51. The van der Waals surface area contributed by atoms with Crippen LogP contribution >= 0.6 is 0 Å². The summed E-state index contributed by atoms with van der Waals surface area (Å²) < 4.78 is 15.7. The molecule has 270 valence electrons. The highest BCUT2D eigenvalue weighted by Crippen LogP contribution is 2.62. The number of benzene rings is 8. The van der Waals surface area contributed by atoms with E-state index in [0.29, 0.717) is 11.5 Å². The summed E-state index contributed by atoms with van der Waals surface area (Å²) in [4.78, 5) is 10.8. The molecule has 0 saturated heterocycles. The molecule has 0 atom stereocenters. The zero-order valence-corrected chi connectivity index (χ0v) is 31.1. The van der Waals surface area contributed by atoms with Crippen molar-refractivity contribution in [2.24, 2.45) is 0 Å². The van der Waals surface area contributed by atoms with E-state index in [4.69, 9.17) is 19.1 Å².